The summed E-state index contributed by atoms with van der Waals surface area (Å²) in [5.41, 5.74) is 2.69. The molecule has 25 heavy (non-hydrogen) atoms. The first kappa shape index (κ1) is 18.1. The fraction of sp³-hybridized carbons (Fsp3) is 0.368. The summed E-state index contributed by atoms with van der Waals surface area (Å²) in [5, 5.41) is 0. The summed E-state index contributed by atoms with van der Waals surface area (Å²) in [5.74, 6) is -0.332. The van der Waals surface area contributed by atoms with Gasteiger partial charge in [-0.1, -0.05) is 42.8 Å². The van der Waals surface area contributed by atoms with Gasteiger partial charge in [-0.05, 0) is 29.2 Å². The predicted molar refractivity (Wildman–Crippen MR) is 103 cm³/mol. The number of fused-ring (bicyclic) bond motifs is 1. The lowest BCUT2D eigenvalue weighted by Gasteiger charge is -2.21. The zero-order valence-corrected chi connectivity index (χ0v) is 17.1. The number of benzene rings is 1. The molecule has 0 saturated carbocycles. The molecular formula is C19H20BrNO3S. The first-order chi connectivity index (χ1) is 11.7. The summed E-state index contributed by atoms with van der Waals surface area (Å²) in [6, 6.07) is 7.80. The molecule has 1 aliphatic rings. The Morgan fingerprint density at radius 1 is 1.36 bits per heavy atom. The van der Waals surface area contributed by atoms with Gasteiger partial charge in [-0.25, -0.2) is 0 Å². The largest absolute Gasteiger partial charge is 0.461 e. The van der Waals surface area contributed by atoms with Crippen LogP contribution in [0.2, 0.25) is 0 Å². The van der Waals surface area contributed by atoms with E-state index >= 15 is 0 Å². The highest BCUT2D eigenvalue weighted by atomic mass is 79.9. The van der Waals surface area contributed by atoms with E-state index in [1.54, 1.807) is 16.2 Å². The Kier molecular flexibility index (Phi) is 4.77. The summed E-state index contributed by atoms with van der Waals surface area (Å²) < 4.78 is 5.99. The van der Waals surface area contributed by atoms with Gasteiger partial charge in [0.1, 0.15) is 6.61 Å². The molecule has 132 valence electrons. The molecule has 2 heterocycles. The summed E-state index contributed by atoms with van der Waals surface area (Å²) >= 11 is 5.08. The molecule has 0 N–H and O–H groups in total. The van der Waals surface area contributed by atoms with E-state index in [9.17, 15) is 9.59 Å². The van der Waals surface area contributed by atoms with Gasteiger partial charge in [0.15, 0.2) is 0 Å². The lowest BCUT2D eigenvalue weighted by atomic mass is 9.94. The molecule has 1 aromatic heterocycles. The number of nitrogens with zero attached hydrogens (tertiary/aromatic N) is 1. The van der Waals surface area contributed by atoms with Crippen LogP contribution in [-0.4, -0.2) is 11.9 Å². The first-order valence-electron chi connectivity index (χ1n) is 8.04. The number of amides is 1. The number of hydrogen-bond donors (Lipinski definition) is 0. The van der Waals surface area contributed by atoms with Crippen molar-refractivity contribution in [3.05, 3.63) is 49.6 Å². The number of rotatable bonds is 3. The minimum Gasteiger partial charge on any atom is -0.461 e. The highest BCUT2D eigenvalue weighted by molar-refractivity contribution is 9.10. The number of halogens is 1. The number of carbonyl (C=O) groups is 2. The predicted octanol–water partition coefficient (Wildman–Crippen LogP) is 5.03. The molecule has 0 radical (unpaired) electrons. The summed E-state index contributed by atoms with van der Waals surface area (Å²) in [7, 11) is 0. The van der Waals surface area contributed by atoms with Gasteiger partial charge in [0.25, 0.3) is 5.91 Å². The molecule has 1 aromatic carbocycles. The standard InChI is InChI=1S/C19H20BrNO3S/c1-11(22)24-10-13-14(20)6-5-7-15(13)21-9-12-8-16(19(2,3)4)25-17(12)18(21)23/h5-8H,9-10H2,1-4H3. The molecule has 0 aliphatic carbocycles. The minimum absolute atomic E-state index is 0.0117. The second-order valence-electron chi connectivity index (χ2n) is 7.12. The smallest absolute Gasteiger partial charge is 0.302 e. The van der Waals surface area contributed by atoms with Crippen LogP contribution in [0.25, 0.3) is 0 Å². The highest BCUT2D eigenvalue weighted by Crippen LogP contribution is 2.40. The Labute approximate surface area is 159 Å². The Hall–Kier alpha value is -1.66. The van der Waals surface area contributed by atoms with Crippen molar-refractivity contribution in [1.29, 1.82) is 0 Å². The minimum atomic E-state index is -0.344. The molecule has 1 amide bonds. The van der Waals surface area contributed by atoms with Crippen LogP contribution in [0, 0.1) is 0 Å². The highest BCUT2D eigenvalue weighted by Gasteiger charge is 2.34. The fourth-order valence-electron chi connectivity index (χ4n) is 2.77. The molecule has 0 saturated heterocycles. The third kappa shape index (κ3) is 3.51. The van der Waals surface area contributed by atoms with E-state index in [4.69, 9.17) is 4.74 Å². The molecule has 4 nitrogen and oxygen atoms in total. The number of ether oxygens (including phenoxy) is 1. The Morgan fingerprint density at radius 2 is 2.08 bits per heavy atom. The van der Waals surface area contributed by atoms with Crippen molar-refractivity contribution in [2.45, 2.75) is 46.3 Å². The molecule has 6 heteroatoms. The topological polar surface area (TPSA) is 46.6 Å². The number of hydrogen-bond acceptors (Lipinski definition) is 4. The first-order valence-corrected chi connectivity index (χ1v) is 9.65. The lowest BCUT2D eigenvalue weighted by molar-refractivity contribution is -0.142. The van der Waals surface area contributed by atoms with Gasteiger partial charge >= 0.3 is 5.97 Å². The summed E-state index contributed by atoms with van der Waals surface area (Å²) in [4.78, 5) is 27.9. The van der Waals surface area contributed by atoms with E-state index in [1.807, 2.05) is 18.2 Å². The Balaban J connectivity index is 1.94. The van der Waals surface area contributed by atoms with Crippen LogP contribution >= 0.6 is 27.3 Å². The van der Waals surface area contributed by atoms with Crippen molar-refractivity contribution in [3.63, 3.8) is 0 Å². The normalized spacial score (nSPS) is 14.0. The van der Waals surface area contributed by atoms with Crippen molar-refractivity contribution in [2.24, 2.45) is 0 Å². The third-order valence-electron chi connectivity index (χ3n) is 4.12. The van der Waals surface area contributed by atoms with E-state index in [0.717, 1.165) is 26.2 Å². The van der Waals surface area contributed by atoms with Crippen molar-refractivity contribution >= 4 is 44.8 Å². The van der Waals surface area contributed by atoms with Crippen LogP contribution < -0.4 is 4.90 Å². The maximum Gasteiger partial charge on any atom is 0.302 e. The van der Waals surface area contributed by atoms with E-state index in [1.165, 1.54) is 11.8 Å². The number of anilines is 1. The van der Waals surface area contributed by atoms with Crippen LogP contribution in [0.1, 0.15) is 53.4 Å². The van der Waals surface area contributed by atoms with Crippen molar-refractivity contribution in [2.75, 3.05) is 4.90 Å². The van der Waals surface area contributed by atoms with E-state index < -0.39 is 0 Å². The van der Waals surface area contributed by atoms with Gasteiger partial charge in [0.2, 0.25) is 0 Å². The van der Waals surface area contributed by atoms with Crippen LogP contribution in [0.5, 0.6) is 0 Å². The van der Waals surface area contributed by atoms with Gasteiger partial charge in [0.05, 0.1) is 17.1 Å². The maximum absolute atomic E-state index is 13.0. The molecule has 0 bridgehead atoms. The van der Waals surface area contributed by atoms with E-state index in [0.29, 0.717) is 6.54 Å². The third-order valence-corrected chi connectivity index (χ3v) is 6.45. The van der Waals surface area contributed by atoms with Gasteiger partial charge in [-0.3, -0.25) is 9.59 Å². The summed E-state index contributed by atoms with van der Waals surface area (Å²) in [6.07, 6.45) is 0. The molecule has 0 fully saturated rings. The van der Waals surface area contributed by atoms with Gasteiger partial charge in [-0.15, -0.1) is 11.3 Å². The SMILES string of the molecule is CC(=O)OCc1c(Br)cccc1N1Cc2cc(C(C)(C)C)sc2C1=O. The molecular weight excluding hydrogens is 402 g/mol. The molecule has 3 rings (SSSR count). The van der Waals surface area contributed by atoms with E-state index in [2.05, 4.69) is 42.8 Å². The zero-order valence-electron chi connectivity index (χ0n) is 14.7. The van der Waals surface area contributed by atoms with Gasteiger partial charge in [-0.2, -0.15) is 0 Å². The second-order valence-corrected chi connectivity index (χ2v) is 9.03. The average molecular weight is 422 g/mol. The van der Waals surface area contributed by atoms with Crippen molar-refractivity contribution < 1.29 is 14.3 Å². The summed E-state index contributed by atoms with van der Waals surface area (Å²) in [6.45, 7) is 8.52. The molecule has 0 atom stereocenters. The second kappa shape index (κ2) is 6.57. The quantitative estimate of drug-likeness (QED) is 0.652. The van der Waals surface area contributed by atoms with E-state index in [-0.39, 0.29) is 23.9 Å². The van der Waals surface area contributed by atoms with Gasteiger partial charge in [0, 0.05) is 21.8 Å². The Morgan fingerprint density at radius 3 is 2.68 bits per heavy atom. The van der Waals surface area contributed by atoms with Crippen LogP contribution in [0.4, 0.5) is 5.69 Å². The number of esters is 1. The molecule has 0 unspecified atom stereocenters. The Bertz CT molecular complexity index is 851. The van der Waals surface area contributed by atoms with Crippen LogP contribution in [0.3, 0.4) is 0 Å². The zero-order chi connectivity index (χ0) is 18.4. The molecule has 1 aliphatic heterocycles. The monoisotopic (exact) mass is 421 g/mol. The fourth-order valence-corrected chi connectivity index (χ4v) is 4.42. The number of carbonyl (C=O) groups excluding carboxylic acids is 2. The van der Waals surface area contributed by atoms with Crippen LogP contribution in [0.15, 0.2) is 28.7 Å². The van der Waals surface area contributed by atoms with Crippen LogP contribution in [-0.2, 0) is 28.1 Å². The maximum atomic E-state index is 13.0. The van der Waals surface area contributed by atoms with Gasteiger partial charge < -0.3 is 9.64 Å². The molecule has 2 aromatic rings. The van der Waals surface area contributed by atoms with Crippen molar-refractivity contribution in [3.8, 4) is 0 Å². The van der Waals surface area contributed by atoms with Crippen molar-refractivity contribution in [1.82, 2.24) is 0 Å². The number of thiophene rings is 1. The molecule has 0 spiro atoms. The lowest BCUT2D eigenvalue weighted by Crippen LogP contribution is -2.25. The average Bonchev–Trinajstić information content (AvgIpc) is 3.05.